The van der Waals surface area contributed by atoms with E-state index in [0.717, 1.165) is 15.7 Å². The second-order valence-corrected chi connectivity index (χ2v) is 7.86. The van der Waals surface area contributed by atoms with Crippen LogP contribution in [-0.4, -0.2) is 31.1 Å². The number of hydrogen-bond donors (Lipinski definition) is 2. The summed E-state index contributed by atoms with van der Waals surface area (Å²) in [7, 11) is 3.84. The van der Waals surface area contributed by atoms with Crippen LogP contribution in [0.15, 0.2) is 58.4 Å². The molecule has 0 aliphatic rings. The number of carbonyl (C=O) groups excluding carboxylic acids is 1. The van der Waals surface area contributed by atoms with Crippen molar-refractivity contribution >= 4 is 49.8 Å². The van der Waals surface area contributed by atoms with Crippen LogP contribution < -0.4 is 10.2 Å². The van der Waals surface area contributed by atoms with Crippen molar-refractivity contribution in [3.05, 3.63) is 69.5 Å². The van der Waals surface area contributed by atoms with Gasteiger partial charge in [-0.1, -0.05) is 28.1 Å². The van der Waals surface area contributed by atoms with E-state index in [9.17, 15) is 14.7 Å². The van der Waals surface area contributed by atoms with E-state index in [-0.39, 0.29) is 11.5 Å². The van der Waals surface area contributed by atoms with Crippen LogP contribution in [0, 0.1) is 0 Å². The van der Waals surface area contributed by atoms with Crippen LogP contribution in [0.2, 0.25) is 0 Å². The highest BCUT2D eigenvalue weighted by Gasteiger charge is 2.21. The molecule has 0 radical (unpaired) electrons. The number of carboxylic acids is 1. The summed E-state index contributed by atoms with van der Waals surface area (Å²) in [6.07, 6.45) is 0. The number of thiophene rings is 1. The van der Waals surface area contributed by atoms with E-state index in [1.807, 2.05) is 55.4 Å². The zero-order valence-electron chi connectivity index (χ0n) is 14.7. The molecule has 1 heterocycles. The lowest BCUT2D eigenvalue weighted by Crippen LogP contribution is -2.14. The lowest BCUT2D eigenvalue weighted by atomic mass is 10.0. The number of anilines is 2. The minimum absolute atomic E-state index is 0.0978. The van der Waals surface area contributed by atoms with E-state index in [1.165, 1.54) is 11.3 Å². The summed E-state index contributed by atoms with van der Waals surface area (Å²) in [5.41, 5.74) is 2.91. The molecule has 27 heavy (non-hydrogen) atoms. The van der Waals surface area contributed by atoms with Gasteiger partial charge in [0.2, 0.25) is 0 Å². The number of nitrogens with one attached hydrogen (secondary N) is 1. The first-order chi connectivity index (χ1) is 12.9. The molecule has 0 saturated carbocycles. The molecule has 138 valence electrons. The maximum Gasteiger partial charge on any atom is 0.339 e. The molecule has 2 aromatic carbocycles. The minimum Gasteiger partial charge on any atom is -0.478 e. The van der Waals surface area contributed by atoms with E-state index in [0.29, 0.717) is 16.1 Å². The Kier molecular flexibility index (Phi) is 5.62. The largest absolute Gasteiger partial charge is 0.478 e. The zero-order chi connectivity index (χ0) is 19.6. The summed E-state index contributed by atoms with van der Waals surface area (Å²) in [6.45, 7) is 0. The van der Waals surface area contributed by atoms with Crippen molar-refractivity contribution in [3.8, 4) is 11.1 Å². The van der Waals surface area contributed by atoms with Gasteiger partial charge in [0.15, 0.2) is 0 Å². The number of nitrogens with zero attached hydrogens (tertiary/aromatic N) is 1. The standard InChI is InChI=1S/C20H17BrN2O3S/c1-23(2)15-9-5-13(6-10-15)18(24)22-19-17(20(25)26)16(11-27-19)12-3-7-14(21)8-4-12/h3-11H,1-2H3,(H,22,24)(H,25,26). The molecule has 0 bridgehead atoms. The van der Waals surface area contributed by atoms with Gasteiger partial charge in [-0.15, -0.1) is 11.3 Å². The van der Waals surface area contributed by atoms with Crippen molar-refractivity contribution in [2.45, 2.75) is 0 Å². The van der Waals surface area contributed by atoms with Gasteiger partial charge >= 0.3 is 5.97 Å². The van der Waals surface area contributed by atoms with E-state index in [2.05, 4.69) is 21.2 Å². The van der Waals surface area contributed by atoms with Crippen LogP contribution in [0.3, 0.4) is 0 Å². The Morgan fingerprint density at radius 1 is 1.04 bits per heavy atom. The summed E-state index contributed by atoms with van der Waals surface area (Å²) in [5, 5.41) is 14.5. The van der Waals surface area contributed by atoms with E-state index < -0.39 is 5.97 Å². The summed E-state index contributed by atoms with van der Waals surface area (Å²) in [5.74, 6) is -1.42. The normalized spacial score (nSPS) is 10.5. The molecule has 5 nitrogen and oxygen atoms in total. The monoisotopic (exact) mass is 444 g/mol. The number of halogens is 1. The fourth-order valence-electron chi connectivity index (χ4n) is 2.59. The second-order valence-electron chi connectivity index (χ2n) is 6.06. The molecule has 1 amide bonds. The molecule has 0 spiro atoms. The van der Waals surface area contributed by atoms with Crippen LogP contribution in [0.5, 0.6) is 0 Å². The van der Waals surface area contributed by atoms with Gasteiger partial charge in [-0.25, -0.2) is 4.79 Å². The fourth-order valence-corrected chi connectivity index (χ4v) is 3.81. The molecule has 7 heteroatoms. The number of amides is 1. The summed E-state index contributed by atoms with van der Waals surface area (Å²) in [4.78, 5) is 26.3. The third kappa shape index (κ3) is 4.20. The SMILES string of the molecule is CN(C)c1ccc(C(=O)Nc2scc(-c3ccc(Br)cc3)c2C(=O)O)cc1. The molecule has 0 fully saturated rings. The Balaban J connectivity index is 1.89. The second kappa shape index (κ2) is 7.94. The Bertz CT molecular complexity index is 979. The lowest BCUT2D eigenvalue weighted by molar-refractivity contribution is 0.0699. The number of carboxylic acid groups (broad SMARTS) is 1. The number of hydrogen-bond acceptors (Lipinski definition) is 4. The van der Waals surface area contributed by atoms with Gasteiger partial charge in [-0.05, 0) is 42.0 Å². The van der Waals surface area contributed by atoms with Crippen LogP contribution in [0.4, 0.5) is 10.7 Å². The number of rotatable bonds is 5. The molecule has 0 aliphatic heterocycles. The van der Waals surface area contributed by atoms with Crippen molar-refractivity contribution < 1.29 is 14.7 Å². The van der Waals surface area contributed by atoms with Crippen molar-refractivity contribution in [3.63, 3.8) is 0 Å². The number of aromatic carboxylic acids is 1. The van der Waals surface area contributed by atoms with E-state index in [4.69, 9.17) is 0 Å². The van der Waals surface area contributed by atoms with Crippen LogP contribution in [0.25, 0.3) is 11.1 Å². The number of carbonyl (C=O) groups is 2. The third-order valence-electron chi connectivity index (χ3n) is 4.03. The van der Waals surface area contributed by atoms with Crippen molar-refractivity contribution in [2.24, 2.45) is 0 Å². The Morgan fingerprint density at radius 3 is 2.22 bits per heavy atom. The highest BCUT2D eigenvalue weighted by molar-refractivity contribution is 9.10. The van der Waals surface area contributed by atoms with Crippen molar-refractivity contribution in [2.75, 3.05) is 24.3 Å². The molecule has 0 saturated heterocycles. The fraction of sp³-hybridized carbons (Fsp3) is 0.100. The molecule has 0 atom stereocenters. The zero-order valence-corrected chi connectivity index (χ0v) is 17.1. The van der Waals surface area contributed by atoms with Gasteiger partial charge in [0.25, 0.3) is 5.91 Å². The topological polar surface area (TPSA) is 69.6 Å². The number of benzene rings is 2. The summed E-state index contributed by atoms with van der Waals surface area (Å²) in [6, 6.07) is 14.5. The van der Waals surface area contributed by atoms with E-state index >= 15 is 0 Å². The Hall–Kier alpha value is -2.64. The van der Waals surface area contributed by atoms with Crippen molar-refractivity contribution in [1.82, 2.24) is 0 Å². The highest BCUT2D eigenvalue weighted by Crippen LogP contribution is 2.36. The minimum atomic E-state index is -1.08. The highest BCUT2D eigenvalue weighted by atomic mass is 79.9. The summed E-state index contributed by atoms with van der Waals surface area (Å²) >= 11 is 4.57. The van der Waals surface area contributed by atoms with Crippen LogP contribution in [0.1, 0.15) is 20.7 Å². The van der Waals surface area contributed by atoms with Crippen LogP contribution >= 0.6 is 27.3 Å². The van der Waals surface area contributed by atoms with Gasteiger partial charge in [0.05, 0.1) is 0 Å². The lowest BCUT2D eigenvalue weighted by Gasteiger charge is -2.12. The molecule has 0 unspecified atom stereocenters. The first-order valence-electron chi connectivity index (χ1n) is 8.06. The maximum absolute atomic E-state index is 12.5. The Morgan fingerprint density at radius 2 is 1.67 bits per heavy atom. The van der Waals surface area contributed by atoms with Gasteiger partial charge < -0.3 is 15.3 Å². The smallest absolute Gasteiger partial charge is 0.339 e. The summed E-state index contributed by atoms with van der Waals surface area (Å²) < 4.78 is 0.910. The molecule has 3 rings (SSSR count). The third-order valence-corrected chi connectivity index (χ3v) is 5.46. The molecular weight excluding hydrogens is 428 g/mol. The molecule has 1 aromatic heterocycles. The van der Waals surface area contributed by atoms with Gasteiger partial charge in [0.1, 0.15) is 10.6 Å². The van der Waals surface area contributed by atoms with Gasteiger partial charge in [0, 0.05) is 40.8 Å². The van der Waals surface area contributed by atoms with E-state index in [1.54, 1.807) is 17.5 Å². The average Bonchev–Trinajstić information content (AvgIpc) is 3.06. The predicted molar refractivity (Wildman–Crippen MR) is 113 cm³/mol. The molecule has 3 aromatic rings. The van der Waals surface area contributed by atoms with Gasteiger partial charge in [-0.3, -0.25) is 4.79 Å². The van der Waals surface area contributed by atoms with Crippen LogP contribution in [-0.2, 0) is 0 Å². The molecular formula is C20H17BrN2O3S. The molecule has 0 aliphatic carbocycles. The van der Waals surface area contributed by atoms with Crippen molar-refractivity contribution in [1.29, 1.82) is 0 Å². The first kappa shape index (κ1) is 19.1. The average molecular weight is 445 g/mol. The predicted octanol–water partition coefficient (Wildman–Crippen LogP) is 5.19. The Labute approximate surface area is 169 Å². The maximum atomic E-state index is 12.5. The van der Waals surface area contributed by atoms with Gasteiger partial charge in [-0.2, -0.15) is 0 Å². The first-order valence-corrected chi connectivity index (χ1v) is 9.73. The molecule has 2 N–H and O–H groups in total. The quantitative estimate of drug-likeness (QED) is 0.567.